The van der Waals surface area contributed by atoms with Crippen LogP contribution in [0.3, 0.4) is 0 Å². The first-order valence-corrected chi connectivity index (χ1v) is 5.84. The SMILES string of the molecule is O[C@@H]1COC[C@H]1Nc1ccc2ccccc2c1. The van der Waals surface area contributed by atoms with Gasteiger partial charge in [-0.05, 0) is 22.9 Å². The predicted molar refractivity (Wildman–Crippen MR) is 68.2 cm³/mol. The van der Waals surface area contributed by atoms with Crippen molar-refractivity contribution < 1.29 is 9.84 Å². The summed E-state index contributed by atoms with van der Waals surface area (Å²) in [6, 6.07) is 14.4. The molecule has 0 radical (unpaired) electrons. The molecule has 1 aliphatic heterocycles. The summed E-state index contributed by atoms with van der Waals surface area (Å²) in [6.45, 7) is 0.985. The number of rotatable bonds is 2. The van der Waals surface area contributed by atoms with Crippen molar-refractivity contribution in [3.63, 3.8) is 0 Å². The first kappa shape index (κ1) is 10.6. The molecule has 2 atom stereocenters. The summed E-state index contributed by atoms with van der Waals surface area (Å²) >= 11 is 0. The first-order chi connectivity index (χ1) is 8.33. The summed E-state index contributed by atoms with van der Waals surface area (Å²) in [5, 5.41) is 15.4. The van der Waals surface area contributed by atoms with Crippen LogP contribution in [0.4, 0.5) is 5.69 Å². The van der Waals surface area contributed by atoms with Gasteiger partial charge < -0.3 is 15.2 Å². The molecule has 3 rings (SSSR count). The van der Waals surface area contributed by atoms with E-state index < -0.39 is 6.10 Å². The molecule has 0 spiro atoms. The highest BCUT2D eigenvalue weighted by molar-refractivity contribution is 5.85. The highest BCUT2D eigenvalue weighted by Crippen LogP contribution is 2.20. The van der Waals surface area contributed by atoms with E-state index in [0.29, 0.717) is 13.2 Å². The maximum absolute atomic E-state index is 9.68. The van der Waals surface area contributed by atoms with Gasteiger partial charge in [-0.25, -0.2) is 0 Å². The van der Waals surface area contributed by atoms with Gasteiger partial charge in [-0.3, -0.25) is 0 Å². The van der Waals surface area contributed by atoms with E-state index in [1.807, 2.05) is 18.2 Å². The zero-order valence-corrected chi connectivity index (χ0v) is 9.47. The van der Waals surface area contributed by atoms with Crippen molar-refractivity contribution in [2.24, 2.45) is 0 Å². The molecule has 3 nitrogen and oxygen atoms in total. The molecule has 1 saturated heterocycles. The minimum Gasteiger partial charge on any atom is -0.388 e. The van der Waals surface area contributed by atoms with E-state index in [4.69, 9.17) is 4.74 Å². The molecule has 0 bridgehead atoms. The maximum Gasteiger partial charge on any atom is 0.0996 e. The van der Waals surface area contributed by atoms with E-state index in [1.54, 1.807) is 0 Å². The van der Waals surface area contributed by atoms with Crippen molar-refractivity contribution in [3.8, 4) is 0 Å². The largest absolute Gasteiger partial charge is 0.388 e. The third-order valence-electron chi connectivity index (χ3n) is 3.15. The summed E-state index contributed by atoms with van der Waals surface area (Å²) in [4.78, 5) is 0. The lowest BCUT2D eigenvalue weighted by Gasteiger charge is -2.16. The Labute approximate surface area is 100 Å². The molecule has 0 amide bonds. The van der Waals surface area contributed by atoms with Crippen molar-refractivity contribution >= 4 is 16.5 Å². The van der Waals surface area contributed by atoms with E-state index in [0.717, 1.165) is 5.69 Å². The van der Waals surface area contributed by atoms with Gasteiger partial charge in [-0.15, -0.1) is 0 Å². The molecule has 0 aliphatic carbocycles. The number of ether oxygens (including phenoxy) is 1. The second-order valence-electron chi connectivity index (χ2n) is 4.42. The van der Waals surface area contributed by atoms with Crippen LogP contribution in [0.15, 0.2) is 42.5 Å². The van der Waals surface area contributed by atoms with Crippen LogP contribution in [0.25, 0.3) is 10.8 Å². The molecule has 2 aromatic carbocycles. The fraction of sp³-hybridized carbons (Fsp3) is 0.286. The quantitative estimate of drug-likeness (QED) is 0.827. The second kappa shape index (κ2) is 4.35. The third-order valence-corrected chi connectivity index (χ3v) is 3.15. The summed E-state index contributed by atoms with van der Waals surface area (Å²) in [5.41, 5.74) is 1.03. The standard InChI is InChI=1S/C14H15NO2/c16-14-9-17-8-13(14)15-12-6-5-10-3-1-2-4-11(10)7-12/h1-7,13-16H,8-9H2/t13-,14-/m1/s1. The van der Waals surface area contributed by atoms with Gasteiger partial charge in [0.15, 0.2) is 0 Å². The van der Waals surface area contributed by atoms with E-state index in [9.17, 15) is 5.11 Å². The van der Waals surface area contributed by atoms with Crippen LogP contribution in [-0.4, -0.2) is 30.5 Å². The zero-order valence-electron chi connectivity index (χ0n) is 9.47. The fourth-order valence-corrected chi connectivity index (χ4v) is 2.17. The lowest BCUT2D eigenvalue weighted by Crippen LogP contribution is -2.31. The Morgan fingerprint density at radius 2 is 1.88 bits per heavy atom. The number of hydrogen-bond donors (Lipinski definition) is 2. The van der Waals surface area contributed by atoms with Crippen LogP contribution in [0.1, 0.15) is 0 Å². The number of aliphatic hydroxyl groups excluding tert-OH is 1. The van der Waals surface area contributed by atoms with Crippen molar-refractivity contribution in [1.82, 2.24) is 0 Å². The van der Waals surface area contributed by atoms with E-state index in [-0.39, 0.29) is 6.04 Å². The Bertz CT molecular complexity index is 526. The van der Waals surface area contributed by atoms with Gasteiger partial charge in [0.2, 0.25) is 0 Å². The predicted octanol–water partition coefficient (Wildman–Crippen LogP) is 2.01. The minimum atomic E-state index is -0.415. The van der Waals surface area contributed by atoms with Crippen molar-refractivity contribution in [1.29, 1.82) is 0 Å². The summed E-state index contributed by atoms with van der Waals surface area (Å²) in [6.07, 6.45) is -0.415. The fourth-order valence-electron chi connectivity index (χ4n) is 2.17. The van der Waals surface area contributed by atoms with Crippen LogP contribution in [0, 0.1) is 0 Å². The highest BCUT2D eigenvalue weighted by atomic mass is 16.5. The maximum atomic E-state index is 9.68. The van der Waals surface area contributed by atoms with Crippen LogP contribution >= 0.6 is 0 Å². The zero-order chi connectivity index (χ0) is 11.7. The van der Waals surface area contributed by atoms with Gasteiger partial charge in [-0.2, -0.15) is 0 Å². The van der Waals surface area contributed by atoms with E-state index in [2.05, 4.69) is 29.6 Å². The van der Waals surface area contributed by atoms with Crippen LogP contribution in [-0.2, 0) is 4.74 Å². The first-order valence-electron chi connectivity index (χ1n) is 5.84. The van der Waals surface area contributed by atoms with Gasteiger partial charge in [0.05, 0.1) is 25.4 Å². The monoisotopic (exact) mass is 229 g/mol. The Kier molecular flexibility index (Phi) is 2.71. The normalized spacial score (nSPS) is 24.1. The van der Waals surface area contributed by atoms with E-state index >= 15 is 0 Å². The number of benzene rings is 2. The molecule has 2 N–H and O–H groups in total. The number of nitrogens with one attached hydrogen (secondary N) is 1. The van der Waals surface area contributed by atoms with Crippen LogP contribution < -0.4 is 5.32 Å². The van der Waals surface area contributed by atoms with Crippen molar-refractivity contribution in [3.05, 3.63) is 42.5 Å². The average molecular weight is 229 g/mol. The number of anilines is 1. The molecule has 0 aromatic heterocycles. The highest BCUT2D eigenvalue weighted by Gasteiger charge is 2.25. The Morgan fingerprint density at radius 1 is 1.06 bits per heavy atom. The van der Waals surface area contributed by atoms with Gasteiger partial charge in [0, 0.05) is 5.69 Å². The smallest absolute Gasteiger partial charge is 0.0996 e. The number of fused-ring (bicyclic) bond motifs is 1. The van der Waals surface area contributed by atoms with Gasteiger partial charge in [0.25, 0.3) is 0 Å². The number of hydrogen-bond acceptors (Lipinski definition) is 3. The summed E-state index contributed by atoms with van der Waals surface area (Å²) in [5.74, 6) is 0. The van der Waals surface area contributed by atoms with Gasteiger partial charge in [-0.1, -0.05) is 30.3 Å². The molecule has 1 aliphatic rings. The molecule has 88 valence electrons. The molecule has 3 heteroatoms. The molecule has 0 saturated carbocycles. The Hall–Kier alpha value is -1.58. The third kappa shape index (κ3) is 2.12. The van der Waals surface area contributed by atoms with Crippen LogP contribution in [0.5, 0.6) is 0 Å². The summed E-state index contributed by atoms with van der Waals surface area (Å²) in [7, 11) is 0. The topological polar surface area (TPSA) is 41.5 Å². The van der Waals surface area contributed by atoms with Gasteiger partial charge >= 0.3 is 0 Å². The minimum absolute atomic E-state index is 0.00355. The Morgan fingerprint density at radius 3 is 2.65 bits per heavy atom. The number of aliphatic hydroxyl groups is 1. The van der Waals surface area contributed by atoms with Gasteiger partial charge in [0.1, 0.15) is 0 Å². The lowest BCUT2D eigenvalue weighted by molar-refractivity contribution is 0.125. The van der Waals surface area contributed by atoms with E-state index in [1.165, 1.54) is 10.8 Å². The van der Waals surface area contributed by atoms with Crippen molar-refractivity contribution in [2.75, 3.05) is 18.5 Å². The molecular weight excluding hydrogens is 214 g/mol. The Balaban J connectivity index is 1.85. The molecular formula is C14H15NO2. The second-order valence-corrected chi connectivity index (χ2v) is 4.42. The lowest BCUT2D eigenvalue weighted by atomic mass is 10.1. The van der Waals surface area contributed by atoms with Crippen molar-refractivity contribution in [2.45, 2.75) is 12.1 Å². The molecule has 1 fully saturated rings. The molecule has 17 heavy (non-hydrogen) atoms. The van der Waals surface area contributed by atoms with Crippen LogP contribution in [0.2, 0.25) is 0 Å². The molecule has 0 unspecified atom stereocenters. The average Bonchev–Trinajstić information content (AvgIpc) is 2.75. The molecule has 2 aromatic rings. The molecule has 1 heterocycles. The summed E-state index contributed by atoms with van der Waals surface area (Å²) < 4.78 is 5.22.